The summed E-state index contributed by atoms with van der Waals surface area (Å²) in [4.78, 5) is 23.5. The molecule has 2 aliphatic carbocycles. The molecule has 1 amide bonds. The summed E-state index contributed by atoms with van der Waals surface area (Å²) in [5, 5.41) is 0. The van der Waals surface area contributed by atoms with Crippen LogP contribution in [0.2, 0.25) is 0 Å². The Hall–Kier alpha value is -1.84. The number of hydrogen-bond acceptors (Lipinski definition) is 3. The quantitative estimate of drug-likeness (QED) is 0.871. The van der Waals surface area contributed by atoms with Gasteiger partial charge in [-0.1, -0.05) is 24.3 Å². The number of aryl methyl sites for hydroxylation is 1. The van der Waals surface area contributed by atoms with Crippen molar-refractivity contribution in [1.82, 2.24) is 0 Å². The molecule has 4 nitrogen and oxygen atoms in total. The van der Waals surface area contributed by atoms with E-state index in [1.807, 2.05) is 6.07 Å². The number of fused-ring (bicyclic) bond motifs is 1. The van der Waals surface area contributed by atoms with E-state index >= 15 is 0 Å². The average Bonchev–Trinajstić information content (AvgIpc) is 2.55. The summed E-state index contributed by atoms with van der Waals surface area (Å²) in [5.74, 6) is -0.457. The molecule has 0 aliphatic heterocycles. The van der Waals surface area contributed by atoms with E-state index in [2.05, 4.69) is 18.2 Å². The molecule has 1 aromatic rings. The third kappa shape index (κ3) is 3.32. The molecule has 0 saturated heterocycles. The topological polar surface area (TPSA) is 69.4 Å². The SMILES string of the molecule is NC(=O)C1CCC(C(=O)O[C@H]2CCc3ccccc3C2)CC1. The lowest BCUT2D eigenvalue weighted by Crippen LogP contribution is -2.33. The van der Waals surface area contributed by atoms with Gasteiger partial charge in [0.1, 0.15) is 6.10 Å². The first-order valence-electron chi connectivity index (χ1n) is 8.20. The van der Waals surface area contributed by atoms with Crippen LogP contribution in [0, 0.1) is 11.8 Å². The van der Waals surface area contributed by atoms with Gasteiger partial charge in [-0.3, -0.25) is 9.59 Å². The van der Waals surface area contributed by atoms with Gasteiger partial charge in [-0.05, 0) is 49.7 Å². The lowest BCUT2D eigenvalue weighted by Gasteiger charge is -2.29. The number of carbonyl (C=O) groups is 2. The van der Waals surface area contributed by atoms with Crippen LogP contribution >= 0.6 is 0 Å². The van der Waals surface area contributed by atoms with E-state index in [1.165, 1.54) is 11.1 Å². The van der Waals surface area contributed by atoms with Crippen LogP contribution in [0.15, 0.2) is 24.3 Å². The standard InChI is InChI=1S/C18H23NO3/c19-17(20)13-5-7-14(8-6-13)18(21)22-16-10-9-12-3-1-2-4-15(12)11-16/h1-4,13-14,16H,5-11H2,(H2,19,20)/t13?,14?,16-/m0/s1. The highest BCUT2D eigenvalue weighted by molar-refractivity contribution is 5.77. The molecule has 1 saturated carbocycles. The fourth-order valence-corrected chi connectivity index (χ4v) is 3.64. The first-order valence-corrected chi connectivity index (χ1v) is 8.20. The fourth-order valence-electron chi connectivity index (χ4n) is 3.64. The molecule has 0 bridgehead atoms. The van der Waals surface area contributed by atoms with Crippen LogP contribution in [0.5, 0.6) is 0 Å². The molecule has 2 aliphatic rings. The van der Waals surface area contributed by atoms with Gasteiger partial charge in [0.2, 0.25) is 5.91 Å². The van der Waals surface area contributed by atoms with Gasteiger partial charge < -0.3 is 10.5 Å². The second-order valence-corrected chi connectivity index (χ2v) is 6.52. The number of esters is 1. The van der Waals surface area contributed by atoms with Crippen LogP contribution in [0.3, 0.4) is 0 Å². The van der Waals surface area contributed by atoms with Crippen molar-refractivity contribution in [2.75, 3.05) is 0 Å². The molecule has 0 radical (unpaired) electrons. The highest BCUT2D eigenvalue weighted by atomic mass is 16.5. The molecule has 3 rings (SSSR count). The lowest BCUT2D eigenvalue weighted by atomic mass is 9.81. The summed E-state index contributed by atoms with van der Waals surface area (Å²) < 4.78 is 5.73. The zero-order valence-corrected chi connectivity index (χ0v) is 12.8. The molecule has 0 spiro atoms. The van der Waals surface area contributed by atoms with Crippen LogP contribution in [-0.2, 0) is 27.2 Å². The predicted octanol–water partition coefficient (Wildman–Crippen LogP) is 2.38. The molecule has 22 heavy (non-hydrogen) atoms. The van der Waals surface area contributed by atoms with Gasteiger partial charge in [0.05, 0.1) is 5.92 Å². The molecule has 0 unspecified atom stereocenters. The van der Waals surface area contributed by atoms with Crippen molar-refractivity contribution in [3.8, 4) is 0 Å². The van der Waals surface area contributed by atoms with Gasteiger partial charge in [-0.2, -0.15) is 0 Å². The highest BCUT2D eigenvalue weighted by Crippen LogP contribution is 2.31. The zero-order chi connectivity index (χ0) is 15.5. The second kappa shape index (κ2) is 6.51. The number of carbonyl (C=O) groups excluding carboxylic acids is 2. The van der Waals surface area contributed by atoms with E-state index in [0.717, 1.165) is 32.1 Å². The number of benzene rings is 1. The maximum Gasteiger partial charge on any atom is 0.309 e. The summed E-state index contributed by atoms with van der Waals surface area (Å²) in [5.41, 5.74) is 8.00. The number of primary amides is 1. The first-order chi connectivity index (χ1) is 10.6. The van der Waals surface area contributed by atoms with E-state index < -0.39 is 0 Å². The van der Waals surface area contributed by atoms with Gasteiger partial charge in [0.15, 0.2) is 0 Å². The minimum Gasteiger partial charge on any atom is -0.462 e. The minimum absolute atomic E-state index is 0.00346. The largest absolute Gasteiger partial charge is 0.462 e. The molecule has 1 atom stereocenters. The number of rotatable bonds is 3. The Balaban J connectivity index is 1.52. The number of hydrogen-bond donors (Lipinski definition) is 1. The minimum atomic E-state index is -0.240. The maximum atomic E-state index is 12.3. The molecular weight excluding hydrogens is 278 g/mol. The second-order valence-electron chi connectivity index (χ2n) is 6.52. The first kappa shape index (κ1) is 15.1. The molecule has 118 valence electrons. The van der Waals surface area contributed by atoms with Crippen LogP contribution in [0.1, 0.15) is 43.2 Å². The maximum absolute atomic E-state index is 12.3. The Kier molecular flexibility index (Phi) is 4.46. The third-order valence-electron chi connectivity index (χ3n) is 5.05. The van der Waals surface area contributed by atoms with Crippen molar-refractivity contribution >= 4 is 11.9 Å². The monoisotopic (exact) mass is 301 g/mol. The molecule has 2 N–H and O–H groups in total. The lowest BCUT2D eigenvalue weighted by molar-refractivity contribution is -0.156. The van der Waals surface area contributed by atoms with Crippen LogP contribution in [0.4, 0.5) is 0 Å². The van der Waals surface area contributed by atoms with E-state index in [1.54, 1.807) is 0 Å². The summed E-state index contributed by atoms with van der Waals surface area (Å²) >= 11 is 0. The van der Waals surface area contributed by atoms with Crippen LogP contribution in [-0.4, -0.2) is 18.0 Å². The molecule has 1 fully saturated rings. The van der Waals surface area contributed by atoms with E-state index in [4.69, 9.17) is 10.5 Å². The van der Waals surface area contributed by atoms with Crippen molar-refractivity contribution in [3.63, 3.8) is 0 Å². The summed E-state index contributed by atoms with van der Waals surface area (Å²) in [6.45, 7) is 0. The van der Waals surface area contributed by atoms with Crippen molar-refractivity contribution in [3.05, 3.63) is 35.4 Å². The Morgan fingerprint density at radius 1 is 0.955 bits per heavy atom. The third-order valence-corrected chi connectivity index (χ3v) is 5.05. The van der Waals surface area contributed by atoms with E-state index in [-0.39, 0.29) is 29.8 Å². The molecule has 0 aromatic heterocycles. The van der Waals surface area contributed by atoms with E-state index in [9.17, 15) is 9.59 Å². The fraction of sp³-hybridized carbons (Fsp3) is 0.556. The smallest absolute Gasteiger partial charge is 0.309 e. The molecule has 0 heterocycles. The highest BCUT2D eigenvalue weighted by Gasteiger charge is 2.31. The molecule has 4 heteroatoms. The Labute approximate surface area is 131 Å². The van der Waals surface area contributed by atoms with Gasteiger partial charge in [0.25, 0.3) is 0 Å². The number of nitrogens with two attached hydrogens (primary N) is 1. The van der Waals surface area contributed by atoms with Gasteiger partial charge >= 0.3 is 5.97 Å². The predicted molar refractivity (Wildman–Crippen MR) is 83.0 cm³/mol. The Bertz CT molecular complexity index is 561. The van der Waals surface area contributed by atoms with Gasteiger partial charge in [0, 0.05) is 12.3 Å². The Morgan fingerprint density at radius 3 is 2.27 bits per heavy atom. The van der Waals surface area contributed by atoms with Crippen molar-refractivity contribution < 1.29 is 14.3 Å². The summed E-state index contributed by atoms with van der Waals surface area (Å²) in [6.07, 6.45) is 5.55. The van der Waals surface area contributed by atoms with Crippen molar-refractivity contribution in [2.24, 2.45) is 17.6 Å². The average molecular weight is 301 g/mol. The number of amides is 1. The zero-order valence-electron chi connectivity index (χ0n) is 12.8. The summed E-state index contributed by atoms with van der Waals surface area (Å²) in [7, 11) is 0. The molecular formula is C18H23NO3. The summed E-state index contributed by atoms with van der Waals surface area (Å²) in [6, 6.07) is 8.36. The van der Waals surface area contributed by atoms with Crippen molar-refractivity contribution in [2.45, 2.75) is 51.0 Å². The normalized spacial score (nSPS) is 27.7. The van der Waals surface area contributed by atoms with E-state index in [0.29, 0.717) is 12.8 Å². The van der Waals surface area contributed by atoms with Crippen molar-refractivity contribution in [1.29, 1.82) is 0 Å². The Morgan fingerprint density at radius 2 is 1.59 bits per heavy atom. The number of ether oxygens (including phenoxy) is 1. The van der Waals surface area contributed by atoms with Gasteiger partial charge in [-0.15, -0.1) is 0 Å². The van der Waals surface area contributed by atoms with Gasteiger partial charge in [-0.25, -0.2) is 0 Å². The van der Waals surface area contributed by atoms with Crippen LogP contribution in [0.25, 0.3) is 0 Å². The van der Waals surface area contributed by atoms with Crippen LogP contribution < -0.4 is 5.73 Å². The molecule has 1 aromatic carbocycles.